The molecule has 1 rings (SSSR count). The van der Waals surface area contributed by atoms with Gasteiger partial charge in [-0.3, -0.25) is 0 Å². The SMILES string of the molecule is CC(=CO)CC[C@@H]1CC=C(C)C1(C)C. The van der Waals surface area contributed by atoms with Crippen LogP contribution in [-0.2, 0) is 0 Å². The number of rotatable bonds is 3. The Hall–Kier alpha value is -0.720. The maximum Gasteiger partial charge on any atom is 0.0780 e. The van der Waals surface area contributed by atoms with Crippen molar-refractivity contribution in [3.63, 3.8) is 0 Å². The molecule has 1 atom stereocenters. The highest BCUT2D eigenvalue weighted by molar-refractivity contribution is 5.18. The molecule has 0 radical (unpaired) electrons. The van der Waals surface area contributed by atoms with Crippen molar-refractivity contribution in [3.8, 4) is 0 Å². The highest BCUT2D eigenvalue weighted by atomic mass is 16.2. The molecular weight excluding hydrogens is 172 g/mol. The lowest BCUT2D eigenvalue weighted by atomic mass is 9.75. The second-order valence-corrected chi connectivity index (χ2v) is 5.06. The van der Waals surface area contributed by atoms with Gasteiger partial charge in [0.25, 0.3) is 0 Å². The summed E-state index contributed by atoms with van der Waals surface area (Å²) in [6.45, 7) is 8.87. The average molecular weight is 194 g/mol. The summed E-state index contributed by atoms with van der Waals surface area (Å²) in [5.41, 5.74) is 2.97. The minimum Gasteiger partial charge on any atom is -0.516 e. The lowest BCUT2D eigenvalue weighted by Gasteiger charge is -2.29. The Bertz CT molecular complexity index is 258. The number of allylic oxidation sites excluding steroid dienone is 3. The third-order valence-electron chi connectivity index (χ3n) is 3.85. The third-order valence-corrected chi connectivity index (χ3v) is 3.85. The molecule has 1 nitrogen and oxygen atoms in total. The number of hydrogen-bond donors (Lipinski definition) is 1. The van der Waals surface area contributed by atoms with E-state index in [1.165, 1.54) is 24.7 Å². The van der Waals surface area contributed by atoms with Crippen molar-refractivity contribution in [1.29, 1.82) is 0 Å². The summed E-state index contributed by atoms with van der Waals surface area (Å²) >= 11 is 0. The molecule has 14 heavy (non-hydrogen) atoms. The average Bonchev–Trinajstić information content (AvgIpc) is 2.39. The van der Waals surface area contributed by atoms with Gasteiger partial charge in [-0.1, -0.05) is 25.5 Å². The summed E-state index contributed by atoms with van der Waals surface area (Å²) < 4.78 is 0. The van der Waals surface area contributed by atoms with Crippen LogP contribution in [0, 0.1) is 11.3 Å². The second kappa shape index (κ2) is 4.20. The summed E-state index contributed by atoms with van der Waals surface area (Å²) in [6, 6.07) is 0. The van der Waals surface area contributed by atoms with Gasteiger partial charge < -0.3 is 5.11 Å². The molecular formula is C13H22O. The Morgan fingerprint density at radius 1 is 1.64 bits per heavy atom. The van der Waals surface area contributed by atoms with E-state index >= 15 is 0 Å². The lowest BCUT2D eigenvalue weighted by Crippen LogP contribution is -2.20. The van der Waals surface area contributed by atoms with Crippen molar-refractivity contribution in [1.82, 2.24) is 0 Å². The molecule has 0 unspecified atom stereocenters. The maximum absolute atomic E-state index is 8.82. The Kier molecular flexibility index (Phi) is 3.41. The first-order chi connectivity index (χ1) is 6.48. The molecule has 0 fully saturated rings. The summed E-state index contributed by atoms with van der Waals surface area (Å²) in [4.78, 5) is 0. The Labute approximate surface area is 87.5 Å². The zero-order chi connectivity index (χ0) is 10.8. The van der Waals surface area contributed by atoms with Crippen LogP contribution in [-0.4, -0.2) is 5.11 Å². The molecule has 0 spiro atoms. The van der Waals surface area contributed by atoms with Gasteiger partial charge >= 0.3 is 0 Å². The predicted molar refractivity (Wildman–Crippen MR) is 61.3 cm³/mol. The summed E-state index contributed by atoms with van der Waals surface area (Å²) in [5, 5.41) is 8.82. The van der Waals surface area contributed by atoms with Crippen LogP contribution in [0.3, 0.4) is 0 Å². The van der Waals surface area contributed by atoms with E-state index in [-0.39, 0.29) is 0 Å². The molecule has 1 heteroatoms. The minimum absolute atomic E-state index is 0.357. The smallest absolute Gasteiger partial charge is 0.0780 e. The fourth-order valence-corrected chi connectivity index (χ4v) is 2.14. The Morgan fingerprint density at radius 3 is 2.71 bits per heavy atom. The summed E-state index contributed by atoms with van der Waals surface area (Å²) in [7, 11) is 0. The molecule has 0 saturated carbocycles. The van der Waals surface area contributed by atoms with Gasteiger partial charge in [0.1, 0.15) is 0 Å². The van der Waals surface area contributed by atoms with Gasteiger partial charge in [0.05, 0.1) is 6.26 Å². The van der Waals surface area contributed by atoms with Gasteiger partial charge in [-0.2, -0.15) is 0 Å². The molecule has 1 N–H and O–H groups in total. The number of aliphatic hydroxyl groups is 1. The lowest BCUT2D eigenvalue weighted by molar-refractivity contribution is 0.274. The molecule has 1 aliphatic rings. The molecule has 80 valence electrons. The topological polar surface area (TPSA) is 20.2 Å². The van der Waals surface area contributed by atoms with Crippen LogP contribution in [0.4, 0.5) is 0 Å². The van der Waals surface area contributed by atoms with E-state index in [4.69, 9.17) is 5.11 Å². The summed E-state index contributed by atoms with van der Waals surface area (Å²) in [5.74, 6) is 0.748. The van der Waals surface area contributed by atoms with Gasteiger partial charge in [0.2, 0.25) is 0 Å². The van der Waals surface area contributed by atoms with E-state index in [0.29, 0.717) is 5.41 Å². The molecule has 0 bridgehead atoms. The van der Waals surface area contributed by atoms with Crippen LogP contribution >= 0.6 is 0 Å². The van der Waals surface area contributed by atoms with E-state index in [0.717, 1.165) is 17.9 Å². The molecule has 0 aromatic rings. The number of hydrogen-bond acceptors (Lipinski definition) is 1. The predicted octanol–water partition coefficient (Wildman–Crippen LogP) is 4.22. The molecule has 0 aliphatic heterocycles. The van der Waals surface area contributed by atoms with E-state index in [1.54, 1.807) is 0 Å². The highest BCUT2D eigenvalue weighted by Gasteiger charge is 2.34. The van der Waals surface area contributed by atoms with Crippen LogP contribution in [0.1, 0.15) is 47.0 Å². The van der Waals surface area contributed by atoms with Crippen LogP contribution in [0.5, 0.6) is 0 Å². The van der Waals surface area contributed by atoms with Crippen LogP contribution in [0.15, 0.2) is 23.5 Å². The molecule has 0 heterocycles. The largest absolute Gasteiger partial charge is 0.516 e. The first-order valence-electron chi connectivity index (χ1n) is 5.45. The van der Waals surface area contributed by atoms with Crippen molar-refractivity contribution in [2.24, 2.45) is 11.3 Å². The fraction of sp³-hybridized carbons (Fsp3) is 0.692. The molecule has 0 aromatic heterocycles. The van der Waals surface area contributed by atoms with Gasteiger partial charge in [-0.15, -0.1) is 0 Å². The van der Waals surface area contributed by atoms with Crippen LogP contribution in [0.2, 0.25) is 0 Å². The second-order valence-electron chi connectivity index (χ2n) is 5.06. The highest BCUT2D eigenvalue weighted by Crippen LogP contribution is 2.45. The van der Waals surface area contributed by atoms with Crippen LogP contribution < -0.4 is 0 Å². The van der Waals surface area contributed by atoms with E-state index < -0.39 is 0 Å². The molecule has 1 aliphatic carbocycles. The van der Waals surface area contributed by atoms with Crippen molar-refractivity contribution >= 4 is 0 Å². The molecule has 0 saturated heterocycles. The quantitative estimate of drug-likeness (QED) is 0.527. The Morgan fingerprint density at radius 2 is 2.29 bits per heavy atom. The van der Waals surface area contributed by atoms with Gasteiger partial charge in [0, 0.05) is 0 Å². The van der Waals surface area contributed by atoms with Crippen molar-refractivity contribution < 1.29 is 5.11 Å². The fourth-order valence-electron chi connectivity index (χ4n) is 2.14. The van der Waals surface area contributed by atoms with E-state index in [1.807, 2.05) is 6.92 Å². The standard InChI is InChI=1S/C13H22O/c1-10(9-14)5-7-12-8-6-11(2)13(12,3)4/h6,9,12,14H,5,7-8H2,1-4H3/t12-/m1/s1. The molecule has 0 aromatic carbocycles. The van der Waals surface area contributed by atoms with Gasteiger partial charge in [-0.05, 0) is 50.0 Å². The monoisotopic (exact) mass is 194 g/mol. The minimum atomic E-state index is 0.357. The van der Waals surface area contributed by atoms with Crippen molar-refractivity contribution in [3.05, 3.63) is 23.5 Å². The first-order valence-corrected chi connectivity index (χ1v) is 5.45. The zero-order valence-corrected chi connectivity index (χ0v) is 9.80. The van der Waals surface area contributed by atoms with E-state index in [9.17, 15) is 0 Å². The first kappa shape index (κ1) is 11.4. The van der Waals surface area contributed by atoms with Crippen LogP contribution in [0.25, 0.3) is 0 Å². The van der Waals surface area contributed by atoms with Crippen molar-refractivity contribution in [2.45, 2.75) is 47.0 Å². The zero-order valence-electron chi connectivity index (χ0n) is 9.80. The number of aliphatic hydroxyl groups excluding tert-OH is 1. The Balaban J connectivity index is 2.50. The van der Waals surface area contributed by atoms with Gasteiger partial charge in [-0.25, -0.2) is 0 Å². The van der Waals surface area contributed by atoms with Crippen molar-refractivity contribution in [2.75, 3.05) is 0 Å². The van der Waals surface area contributed by atoms with E-state index in [2.05, 4.69) is 26.8 Å². The molecule has 0 amide bonds. The normalized spacial score (nSPS) is 26.4. The summed E-state index contributed by atoms with van der Waals surface area (Å²) in [6.07, 6.45) is 7.01. The third kappa shape index (κ3) is 2.20. The maximum atomic E-state index is 8.82. The van der Waals surface area contributed by atoms with Gasteiger partial charge in [0.15, 0.2) is 0 Å².